The first-order chi connectivity index (χ1) is 9.34. The Bertz CT molecular complexity index is 836. The third kappa shape index (κ3) is 1.59. The largest absolute Gasteiger partial charge is 0.364 e. The van der Waals surface area contributed by atoms with Crippen molar-refractivity contribution in [2.45, 2.75) is 24.5 Å². The van der Waals surface area contributed by atoms with Crippen LogP contribution in [0.15, 0.2) is 34.2 Å². The van der Waals surface area contributed by atoms with E-state index in [0.717, 1.165) is 34.9 Å². The molecule has 0 fully saturated rings. The van der Waals surface area contributed by atoms with Gasteiger partial charge in [-0.25, -0.2) is 0 Å². The van der Waals surface area contributed by atoms with Crippen molar-refractivity contribution in [1.82, 2.24) is 14.7 Å². The summed E-state index contributed by atoms with van der Waals surface area (Å²) in [5.74, 6) is 1.07. The number of aromatic nitrogens is 4. The average molecular weight is 273 g/mol. The first-order valence-corrected chi connectivity index (χ1v) is 7.39. The van der Waals surface area contributed by atoms with Crippen LogP contribution in [0.3, 0.4) is 0 Å². The molecule has 6 heteroatoms. The number of hydrogen-bond donors (Lipinski definition) is 1. The lowest BCUT2D eigenvalue weighted by molar-refractivity contribution is -0.784. The van der Waals surface area contributed by atoms with Gasteiger partial charge in [0.1, 0.15) is 6.54 Å². The fourth-order valence-electron chi connectivity index (χ4n) is 2.53. The highest BCUT2D eigenvalue weighted by molar-refractivity contribution is 7.99. The van der Waals surface area contributed by atoms with E-state index in [4.69, 9.17) is 0 Å². The highest BCUT2D eigenvalue weighted by Crippen LogP contribution is 2.22. The molecule has 1 aliphatic heterocycles. The molecule has 0 spiro atoms. The average Bonchev–Trinajstić information content (AvgIpc) is 2.63. The van der Waals surface area contributed by atoms with Gasteiger partial charge in [0, 0.05) is 5.75 Å². The minimum Gasteiger partial charge on any atom is -0.266 e. The van der Waals surface area contributed by atoms with E-state index in [0.29, 0.717) is 5.39 Å². The highest BCUT2D eigenvalue weighted by Gasteiger charge is 2.25. The third-order valence-electron chi connectivity index (χ3n) is 3.46. The van der Waals surface area contributed by atoms with Gasteiger partial charge in [0.15, 0.2) is 0 Å². The Balaban J connectivity index is 2.16. The molecule has 5 nitrogen and oxygen atoms in total. The van der Waals surface area contributed by atoms with Crippen LogP contribution in [0, 0.1) is 0 Å². The lowest BCUT2D eigenvalue weighted by Gasteiger charge is -1.95. The summed E-state index contributed by atoms with van der Waals surface area (Å²) in [5.41, 5.74) is 0.772. The number of nitrogens with zero attached hydrogens (tertiary/aromatic N) is 3. The van der Waals surface area contributed by atoms with Crippen molar-refractivity contribution in [3.63, 3.8) is 0 Å². The van der Waals surface area contributed by atoms with Crippen LogP contribution in [-0.4, -0.2) is 20.5 Å². The number of benzene rings is 1. The fourth-order valence-corrected chi connectivity index (χ4v) is 3.61. The first-order valence-electron chi connectivity index (χ1n) is 6.41. The van der Waals surface area contributed by atoms with Gasteiger partial charge in [-0.2, -0.15) is 5.10 Å². The number of H-pyrrole nitrogens is 1. The molecule has 1 aromatic carbocycles. The van der Waals surface area contributed by atoms with Crippen molar-refractivity contribution in [1.29, 1.82) is 0 Å². The van der Waals surface area contributed by atoms with Gasteiger partial charge < -0.3 is 0 Å². The molecule has 0 radical (unpaired) electrons. The number of nitrogens with one attached hydrogen (secondary N) is 1. The summed E-state index contributed by atoms with van der Waals surface area (Å²) in [6.07, 6.45) is 2.32. The second-order valence-corrected chi connectivity index (χ2v) is 5.77. The van der Waals surface area contributed by atoms with E-state index in [9.17, 15) is 4.79 Å². The first kappa shape index (κ1) is 11.0. The molecule has 0 bridgehead atoms. The predicted octanol–water partition coefficient (Wildman–Crippen LogP) is 1.35. The molecule has 4 rings (SSSR count). The molecule has 0 aliphatic carbocycles. The van der Waals surface area contributed by atoms with Gasteiger partial charge in [-0.15, -0.1) is 4.68 Å². The maximum absolute atomic E-state index is 12.1. The van der Waals surface area contributed by atoms with Gasteiger partial charge in [-0.05, 0) is 41.8 Å². The lowest BCUT2D eigenvalue weighted by Crippen LogP contribution is -2.37. The molecule has 1 N–H and O–H groups in total. The van der Waals surface area contributed by atoms with Crippen LogP contribution in [-0.2, 0) is 6.54 Å². The molecule has 3 aromatic rings. The Kier molecular flexibility index (Phi) is 2.38. The normalized spacial score (nSPS) is 15.6. The Labute approximate surface area is 113 Å². The maximum Gasteiger partial charge on any atom is 0.364 e. The van der Waals surface area contributed by atoms with E-state index in [2.05, 4.69) is 10.2 Å². The van der Waals surface area contributed by atoms with Crippen molar-refractivity contribution in [3.05, 3.63) is 34.6 Å². The van der Waals surface area contributed by atoms with E-state index in [1.807, 2.05) is 33.5 Å². The Morgan fingerprint density at radius 1 is 1.26 bits per heavy atom. The van der Waals surface area contributed by atoms with Crippen molar-refractivity contribution in [3.8, 4) is 0 Å². The predicted molar refractivity (Wildman–Crippen MR) is 73.5 cm³/mol. The Hall–Kier alpha value is -1.82. The SMILES string of the molecule is O=c1[nH]n2c3[n+](nc2c2ccccc12)CCCCS3. The van der Waals surface area contributed by atoms with Gasteiger partial charge >= 0.3 is 5.16 Å². The third-order valence-corrected chi connectivity index (χ3v) is 4.61. The van der Waals surface area contributed by atoms with Crippen molar-refractivity contribution in [2.24, 2.45) is 0 Å². The molecular weight excluding hydrogens is 260 g/mol. The van der Waals surface area contributed by atoms with Crippen LogP contribution in [0.2, 0.25) is 0 Å². The zero-order valence-electron chi connectivity index (χ0n) is 10.3. The number of fused-ring (bicyclic) bond motifs is 5. The van der Waals surface area contributed by atoms with E-state index >= 15 is 0 Å². The van der Waals surface area contributed by atoms with E-state index in [1.165, 1.54) is 6.42 Å². The van der Waals surface area contributed by atoms with Crippen molar-refractivity contribution < 1.29 is 4.68 Å². The summed E-state index contributed by atoms with van der Waals surface area (Å²) in [5, 5.41) is 10.2. The molecule has 19 heavy (non-hydrogen) atoms. The second-order valence-electron chi connectivity index (χ2n) is 4.71. The van der Waals surface area contributed by atoms with E-state index in [-0.39, 0.29) is 5.56 Å². The minimum atomic E-state index is -0.0613. The van der Waals surface area contributed by atoms with Crippen LogP contribution >= 0.6 is 11.8 Å². The smallest absolute Gasteiger partial charge is 0.266 e. The number of aryl methyl sites for hydroxylation is 1. The maximum atomic E-state index is 12.1. The molecular formula is C13H13N4OS+. The molecule has 0 amide bonds. The van der Waals surface area contributed by atoms with E-state index in [1.54, 1.807) is 11.8 Å². The lowest BCUT2D eigenvalue weighted by atomic mass is 10.2. The van der Waals surface area contributed by atoms with E-state index < -0.39 is 0 Å². The van der Waals surface area contributed by atoms with Crippen LogP contribution in [0.4, 0.5) is 0 Å². The summed E-state index contributed by atoms with van der Waals surface area (Å²) in [6, 6.07) is 7.62. The summed E-state index contributed by atoms with van der Waals surface area (Å²) in [7, 11) is 0. The molecule has 2 aromatic heterocycles. The number of thioether (sulfide) groups is 1. The quantitative estimate of drug-likeness (QED) is 0.629. The second kappa shape index (κ2) is 4.09. The summed E-state index contributed by atoms with van der Waals surface area (Å²) >= 11 is 1.76. The topological polar surface area (TPSA) is 54.0 Å². The molecule has 96 valence electrons. The summed E-state index contributed by atoms with van der Waals surface area (Å²) in [6.45, 7) is 0.917. The van der Waals surface area contributed by atoms with Gasteiger partial charge in [-0.3, -0.25) is 4.79 Å². The van der Waals surface area contributed by atoms with Crippen LogP contribution in [0.5, 0.6) is 0 Å². The van der Waals surface area contributed by atoms with Gasteiger partial charge in [0.05, 0.1) is 10.8 Å². The Morgan fingerprint density at radius 2 is 2.11 bits per heavy atom. The fraction of sp³-hybridized carbons (Fsp3) is 0.308. The summed E-state index contributed by atoms with van der Waals surface area (Å²) in [4.78, 5) is 12.1. The van der Waals surface area contributed by atoms with Gasteiger partial charge in [0.25, 0.3) is 11.2 Å². The number of rotatable bonds is 0. The zero-order chi connectivity index (χ0) is 12.8. The van der Waals surface area contributed by atoms with Crippen LogP contribution < -0.4 is 10.2 Å². The highest BCUT2D eigenvalue weighted by atomic mass is 32.2. The minimum absolute atomic E-state index is 0.0613. The molecule has 0 atom stereocenters. The number of hydrogen-bond acceptors (Lipinski definition) is 3. The monoisotopic (exact) mass is 273 g/mol. The number of aromatic amines is 1. The van der Waals surface area contributed by atoms with Crippen LogP contribution in [0.1, 0.15) is 12.8 Å². The molecule has 0 saturated carbocycles. The Morgan fingerprint density at radius 3 is 3.00 bits per heavy atom. The zero-order valence-corrected chi connectivity index (χ0v) is 11.1. The molecule has 1 aliphatic rings. The molecule has 0 unspecified atom stereocenters. The van der Waals surface area contributed by atoms with Crippen LogP contribution in [0.25, 0.3) is 16.4 Å². The van der Waals surface area contributed by atoms with Crippen molar-refractivity contribution in [2.75, 3.05) is 5.75 Å². The van der Waals surface area contributed by atoms with Crippen molar-refractivity contribution >= 4 is 28.2 Å². The molecule has 0 saturated heterocycles. The van der Waals surface area contributed by atoms with Gasteiger partial charge in [-0.1, -0.05) is 16.6 Å². The standard InChI is InChI=1S/C13H12N4OS/c18-12-10-6-2-1-5-9(10)11-14-16-7-3-4-8-19-13(16)17(11)15-12/h1-2,5-6H,3-4,7-8H2/p+1. The molecule has 3 heterocycles. The van der Waals surface area contributed by atoms with Gasteiger partial charge in [0.2, 0.25) is 0 Å². The summed E-state index contributed by atoms with van der Waals surface area (Å²) < 4.78 is 3.84.